The molecule has 0 radical (unpaired) electrons. The molecule has 0 spiro atoms. The molecule has 0 aromatic heterocycles. The summed E-state index contributed by atoms with van der Waals surface area (Å²) in [7, 11) is -1.28. The lowest BCUT2D eigenvalue weighted by Gasteiger charge is -2.19. The number of sulfone groups is 1. The molecule has 2 unspecified atom stereocenters. The van der Waals surface area contributed by atoms with Crippen molar-refractivity contribution in [2.24, 2.45) is 0 Å². The summed E-state index contributed by atoms with van der Waals surface area (Å²) in [6.45, 7) is 0.809. The van der Waals surface area contributed by atoms with E-state index < -0.39 is 9.84 Å². The van der Waals surface area contributed by atoms with Crippen molar-refractivity contribution in [3.63, 3.8) is 0 Å². The van der Waals surface area contributed by atoms with Gasteiger partial charge in [-0.15, -0.1) is 0 Å². The van der Waals surface area contributed by atoms with E-state index in [1.807, 2.05) is 24.3 Å². The fourth-order valence-corrected chi connectivity index (χ4v) is 4.29. The zero-order valence-electron chi connectivity index (χ0n) is 12.1. The van der Waals surface area contributed by atoms with Crippen LogP contribution in [0.15, 0.2) is 24.3 Å². The molecule has 2 rings (SSSR count). The Morgan fingerprint density at radius 1 is 1.25 bits per heavy atom. The maximum atomic E-state index is 11.7. The molecule has 0 aliphatic heterocycles. The van der Waals surface area contributed by atoms with Crippen molar-refractivity contribution in [1.82, 2.24) is 5.32 Å². The standard InChI is InChI=1S/C15H23NO3S/c1-19-13-8-6-12(7-9-13)10-11-16-14-4-3-5-15(14)20(2,17)18/h6-9,14-16H,3-5,10-11H2,1-2H3. The molecule has 1 fully saturated rings. The maximum Gasteiger partial charge on any atom is 0.151 e. The Labute approximate surface area is 121 Å². The van der Waals surface area contributed by atoms with Gasteiger partial charge in [0.05, 0.1) is 12.4 Å². The molecular formula is C15H23NO3S. The van der Waals surface area contributed by atoms with Crippen molar-refractivity contribution < 1.29 is 13.2 Å². The zero-order valence-corrected chi connectivity index (χ0v) is 12.9. The lowest BCUT2D eigenvalue weighted by Crippen LogP contribution is -2.40. The summed E-state index contributed by atoms with van der Waals surface area (Å²) in [6.07, 6.45) is 5.00. The predicted octanol–water partition coefficient (Wildman–Crippen LogP) is 1.79. The molecule has 0 amide bonds. The second kappa shape index (κ2) is 6.59. The summed E-state index contributed by atoms with van der Waals surface area (Å²) < 4.78 is 28.5. The van der Waals surface area contributed by atoms with Gasteiger partial charge in [-0.3, -0.25) is 0 Å². The Bertz CT molecular complexity index is 525. The minimum Gasteiger partial charge on any atom is -0.497 e. The van der Waals surface area contributed by atoms with E-state index in [9.17, 15) is 8.42 Å². The first-order chi connectivity index (χ1) is 9.50. The fraction of sp³-hybridized carbons (Fsp3) is 0.600. The van der Waals surface area contributed by atoms with E-state index in [1.165, 1.54) is 11.8 Å². The van der Waals surface area contributed by atoms with Gasteiger partial charge in [-0.25, -0.2) is 8.42 Å². The van der Waals surface area contributed by atoms with E-state index in [-0.39, 0.29) is 11.3 Å². The first-order valence-corrected chi connectivity index (χ1v) is 9.01. The third-order valence-corrected chi connectivity index (χ3v) is 5.65. The van der Waals surface area contributed by atoms with Gasteiger partial charge in [-0.05, 0) is 43.5 Å². The van der Waals surface area contributed by atoms with Crippen molar-refractivity contribution in [2.75, 3.05) is 19.9 Å². The third kappa shape index (κ3) is 3.96. The average molecular weight is 297 g/mol. The number of hydrogen-bond donors (Lipinski definition) is 1. The summed E-state index contributed by atoms with van der Waals surface area (Å²) in [5.74, 6) is 0.856. The lowest BCUT2D eigenvalue weighted by atomic mass is 10.1. The van der Waals surface area contributed by atoms with Crippen LogP contribution in [0.1, 0.15) is 24.8 Å². The number of benzene rings is 1. The lowest BCUT2D eigenvalue weighted by molar-refractivity contribution is 0.414. The van der Waals surface area contributed by atoms with Gasteiger partial charge < -0.3 is 10.1 Å². The monoisotopic (exact) mass is 297 g/mol. The van der Waals surface area contributed by atoms with Crippen LogP contribution in [0.4, 0.5) is 0 Å². The van der Waals surface area contributed by atoms with Crippen LogP contribution in [-0.4, -0.2) is 39.6 Å². The Balaban J connectivity index is 1.83. The van der Waals surface area contributed by atoms with Gasteiger partial charge in [0.2, 0.25) is 0 Å². The van der Waals surface area contributed by atoms with Crippen LogP contribution in [0.3, 0.4) is 0 Å². The smallest absolute Gasteiger partial charge is 0.151 e. The minimum absolute atomic E-state index is 0.114. The summed E-state index contributed by atoms with van der Waals surface area (Å²) >= 11 is 0. The average Bonchev–Trinajstić information content (AvgIpc) is 2.88. The summed E-state index contributed by atoms with van der Waals surface area (Å²) in [5.41, 5.74) is 1.23. The van der Waals surface area contributed by atoms with E-state index in [0.29, 0.717) is 0 Å². The number of rotatable bonds is 6. The van der Waals surface area contributed by atoms with Gasteiger partial charge in [0.1, 0.15) is 5.75 Å². The van der Waals surface area contributed by atoms with Crippen LogP contribution in [0.5, 0.6) is 5.75 Å². The normalized spacial score (nSPS) is 22.9. The number of methoxy groups -OCH3 is 1. The second-order valence-electron chi connectivity index (χ2n) is 5.46. The third-order valence-electron chi connectivity index (χ3n) is 3.98. The molecule has 1 saturated carbocycles. The Kier molecular flexibility index (Phi) is 5.05. The van der Waals surface area contributed by atoms with Gasteiger partial charge in [-0.2, -0.15) is 0 Å². The molecule has 5 heteroatoms. The fourth-order valence-electron chi connectivity index (χ4n) is 2.87. The molecule has 1 aromatic carbocycles. The van der Waals surface area contributed by atoms with E-state index in [4.69, 9.17) is 4.74 Å². The molecule has 2 atom stereocenters. The molecule has 1 aliphatic rings. The van der Waals surface area contributed by atoms with Gasteiger partial charge in [-0.1, -0.05) is 18.6 Å². The zero-order chi connectivity index (χ0) is 14.6. The highest BCUT2D eigenvalue weighted by molar-refractivity contribution is 7.91. The molecule has 20 heavy (non-hydrogen) atoms. The van der Waals surface area contributed by atoms with Crippen LogP contribution >= 0.6 is 0 Å². The number of ether oxygens (including phenoxy) is 1. The summed E-state index contributed by atoms with van der Waals surface area (Å²) in [4.78, 5) is 0. The number of hydrogen-bond acceptors (Lipinski definition) is 4. The van der Waals surface area contributed by atoms with Crippen molar-refractivity contribution in [3.8, 4) is 5.75 Å². The summed E-state index contributed by atoms with van der Waals surface area (Å²) in [5, 5.41) is 3.20. The van der Waals surface area contributed by atoms with Gasteiger partial charge in [0.25, 0.3) is 0 Å². The molecule has 112 valence electrons. The molecule has 1 aromatic rings. The molecular weight excluding hydrogens is 274 g/mol. The highest BCUT2D eigenvalue weighted by atomic mass is 32.2. The van der Waals surface area contributed by atoms with E-state index in [2.05, 4.69) is 5.32 Å². The van der Waals surface area contributed by atoms with Crippen LogP contribution in [0.25, 0.3) is 0 Å². The van der Waals surface area contributed by atoms with Crippen LogP contribution in [0.2, 0.25) is 0 Å². The molecule has 1 N–H and O–H groups in total. The largest absolute Gasteiger partial charge is 0.497 e. The van der Waals surface area contributed by atoms with Crippen LogP contribution < -0.4 is 10.1 Å². The topological polar surface area (TPSA) is 55.4 Å². The molecule has 4 nitrogen and oxygen atoms in total. The SMILES string of the molecule is COc1ccc(CCNC2CCCC2S(C)(=O)=O)cc1. The predicted molar refractivity (Wildman–Crippen MR) is 81.0 cm³/mol. The highest BCUT2D eigenvalue weighted by Crippen LogP contribution is 2.25. The quantitative estimate of drug-likeness (QED) is 0.870. The molecule has 1 aliphatic carbocycles. The van der Waals surface area contributed by atoms with Gasteiger partial charge >= 0.3 is 0 Å². The summed E-state index contributed by atoms with van der Waals surface area (Å²) in [6, 6.07) is 8.10. The van der Waals surface area contributed by atoms with Crippen LogP contribution in [-0.2, 0) is 16.3 Å². The first-order valence-electron chi connectivity index (χ1n) is 7.06. The highest BCUT2D eigenvalue weighted by Gasteiger charge is 2.34. The van der Waals surface area contributed by atoms with Gasteiger partial charge in [0, 0.05) is 12.3 Å². The van der Waals surface area contributed by atoms with E-state index >= 15 is 0 Å². The number of nitrogens with one attached hydrogen (secondary N) is 1. The van der Waals surface area contributed by atoms with Gasteiger partial charge in [0.15, 0.2) is 9.84 Å². The minimum atomic E-state index is -2.93. The van der Waals surface area contributed by atoms with Crippen molar-refractivity contribution in [2.45, 2.75) is 37.0 Å². The van der Waals surface area contributed by atoms with Crippen molar-refractivity contribution >= 4 is 9.84 Å². The maximum absolute atomic E-state index is 11.7. The molecule has 0 bridgehead atoms. The van der Waals surface area contributed by atoms with E-state index in [1.54, 1.807) is 7.11 Å². The van der Waals surface area contributed by atoms with Crippen molar-refractivity contribution in [1.29, 1.82) is 0 Å². The van der Waals surface area contributed by atoms with E-state index in [0.717, 1.165) is 38.0 Å². The Morgan fingerprint density at radius 3 is 2.55 bits per heavy atom. The molecule has 0 heterocycles. The molecule has 0 saturated heterocycles. The Hall–Kier alpha value is -1.07. The second-order valence-corrected chi connectivity index (χ2v) is 7.72. The van der Waals surface area contributed by atoms with Crippen LogP contribution in [0, 0.1) is 0 Å². The van der Waals surface area contributed by atoms with Crippen molar-refractivity contribution in [3.05, 3.63) is 29.8 Å². The Morgan fingerprint density at radius 2 is 1.95 bits per heavy atom. The first kappa shape index (κ1) is 15.3.